The summed E-state index contributed by atoms with van der Waals surface area (Å²) in [7, 11) is 0. The van der Waals surface area contributed by atoms with Crippen molar-refractivity contribution in [2.75, 3.05) is 0 Å². The van der Waals surface area contributed by atoms with Crippen molar-refractivity contribution in [3.63, 3.8) is 0 Å². The normalized spacial score (nSPS) is 14.2. The van der Waals surface area contributed by atoms with Crippen molar-refractivity contribution in [2.24, 2.45) is 5.73 Å². The van der Waals surface area contributed by atoms with Crippen molar-refractivity contribution in [1.29, 1.82) is 0 Å². The van der Waals surface area contributed by atoms with Gasteiger partial charge in [-0.05, 0) is 54.8 Å². The SMILES string of the molecule is Cc1cc(F)ccc1C(C)(N)c1cc(F)c(Cl)cc1Cl. The summed E-state index contributed by atoms with van der Waals surface area (Å²) in [6.07, 6.45) is 0. The first-order valence-corrected chi connectivity index (χ1v) is 6.69. The molecule has 1 unspecified atom stereocenters. The molecule has 0 heterocycles. The second-order valence-corrected chi connectivity index (χ2v) is 5.72. The molecule has 2 aromatic rings. The molecule has 106 valence electrons. The van der Waals surface area contributed by atoms with Crippen molar-refractivity contribution >= 4 is 23.2 Å². The zero-order chi connectivity index (χ0) is 15.1. The fraction of sp³-hybridized carbons (Fsp3) is 0.200. The summed E-state index contributed by atoms with van der Waals surface area (Å²) in [6.45, 7) is 3.44. The Balaban J connectivity index is 2.63. The summed E-state index contributed by atoms with van der Waals surface area (Å²) < 4.78 is 26.9. The summed E-state index contributed by atoms with van der Waals surface area (Å²) in [5.74, 6) is -0.946. The van der Waals surface area contributed by atoms with Crippen LogP contribution in [0.2, 0.25) is 10.0 Å². The average Bonchev–Trinajstić information content (AvgIpc) is 2.33. The van der Waals surface area contributed by atoms with Gasteiger partial charge in [0.05, 0.1) is 10.6 Å². The molecule has 1 atom stereocenters. The molecule has 0 spiro atoms. The van der Waals surface area contributed by atoms with Crippen LogP contribution in [-0.2, 0) is 5.54 Å². The standard InChI is InChI=1S/C15H13Cl2F2N/c1-8-5-9(18)3-4-10(8)15(2,20)11-6-14(19)13(17)7-12(11)16/h3-7H,20H2,1-2H3. The molecule has 20 heavy (non-hydrogen) atoms. The Bertz CT molecular complexity index is 669. The fourth-order valence-corrected chi connectivity index (χ4v) is 2.85. The minimum absolute atomic E-state index is 0.0645. The number of hydrogen-bond donors (Lipinski definition) is 1. The average molecular weight is 316 g/mol. The fourth-order valence-electron chi connectivity index (χ4n) is 2.28. The van der Waals surface area contributed by atoms with Crippen molar-refractivity contribution in [3.8, 4) is 0 Å². The molecule has 2 rings (SSSR count). The molecule has 0 aliphatic rings. The number of hydrogen-bond acceptors (Lipinski definition) is 1. The van der Waals surface area contributed by atoms with E-state index in [1.807, 2.05) is 0 Å². The second kappa shape index (κ2) is 5.32. The van der Waals surface area contributed by atoms with E-state index in [1.165, 1.54) is 24.3 Å². The predicted octanol–water partition coefficient (Wildman–Crippen LogP) is 4.80. The molecule has 0 amide bonds. The number of rotatable bonds is 2. The van der Waals surface area contributed by atoms with Gasteiger partial charge in [0.2, 0.25) is 0 Å². The molecule has 0 bridgehead atoms. The summed E-state index contributed by atoms with van der Waals surface area (Å²) >= 11 is 11.8. The molecule has 0 saturated carbocycles. The van der Waals surface area contributed by atoms with Crippen LogP contribution in [0.4, 0.5) is 8.78 Å². The van der Waals surface area contributed by atoms with Crippen molar-refractivity contribution in [2.45, 2.75) is 19.4 Å². The third-order valence-electron chi connectivity index (χ3n) is 3.32. The van der Waals surface area contributed by atoms with Gasteiger partial charge in [0.25, 0.3) is 0 Å². The van der Waals surface area contributed by atoms with Crippen molar-refractivity contribution < 1.29 is 8.78 Å². The third-order valence-corrected chi connectivity index (χ3v) is 3.92. The number of nitrogens with two attached hydrogens (primary N) is 1. The van der Waals surface area contributed by atoms with Crippen LogP contribution >= 0.6 is 23.2 Å². The highest BCUT2D eigenvalue weighted by Gasteiger charge is 2.29. The van der Waals surface area contributed by atoms with Gasteiger partial charge in [-0.15, -0.1) is 0 Å². The van der Waals surface area contributed by atoms with Gasteiger partial charge in [0, 0.05) is 5.02 Å². The molecule has 0 aliphatic heterocycles. The van der Waals surface area contributed by atoms with E-state index in [-0.39, 0.29) is 15.9 Å². The molecule has 2 aromatic carbocycles. The van der Waals surface area contributed by atoms with Crippen molar-refractivity contribution in [1.82, 2.24) is 0 Å². The molecule has 1 nitrogen and oxygen atoms in total. The summed E-state index contributed by atoms with van der Waals surface area (Å²) in [6, 6.07) is 6.80. The second-order valence-electron chi connectivity index (χ2n) is 4.91. The Morgan fingerprint density at radius 2 is 1.65 bits per heavy atom. The molecule has 0 aromatic heterocycles. The Labute approximate surface area is 126 Å². The maximum Gasteiger partial charge on any atom is 0.142 e. The molecule has 0 radical (unpaired) electrons. The van der Waals surface area contributed by atoms with Crippen LogP contribution in [0.3, 0.4) is 0 Å². The first-order valence-electron chi connectivity index (χ1n) is 5.94. The maximum atomic E-state index is 13.7. The molecule has 0 fully saturated rings. The Hall–Kier alpha value is -1.16. The van der Waals surface area contributed by atoms with Gasteiger partial charge in [0.1, 0.15) is 11.6 Å². The Morgan fingerprint density at radius 1 is 1.00 bits per heavy atom. The first kappa shape index (κ1) is 15.2. The Kier molecular flexibility index (Phi) is 4.05. The lowest BCUT2D eigenvalue weighted by Crippen LogP contribution is -2.35. The smallest absolute Gasteiger partial charge is 0.142 e. The first-order chi connectivity index (χ1) is 9.23. The van der Waals surface area contributed by atoms with E-state index >= 15 is 0 Å². The van der Waals surface area contributed by atoms with E-state index in [1.54, 1.807) is 19.9 Å². The topological polar surface area (TPSA) is 26.0 Å². The highest BCUT2D eigenvalue weighted by atomic mass is 35.5. The lowest BCUT2D eigenvalue weighted by Gasteiger charge is -2.29. The summed E-state index contributed by atoms with van der Waals surface area (Å²) in [4.78, 5) is 0. The number of benzene rings is 2. The molecule has 2 N–H and O–H groups in total. The van der Waals surface area contributed by atoms with E-state index in [0.717, 1.165) is 0 Å². The van der Waals surface area contributed by atoms with Crippen molar-refractivity contribution in [3.05, 3.63) is 68.7 Å². The van der Waals surface area contributed by atoms with Gasteiger partial charge in [-0.2, -0.15) is 0 Å². The minimum atomic E-state index is -1.06. The van der Waals surface area contributed by atoms with Crippen LogP contribution in [0.25, 0.3) is 0 Å². The van der Waals surface area contributed by atoms with Crippen LogP contribution in [0.15, 0.2) is 30.3 Å². The van der Waals surface area contributed by atoms with Gasteiger partial charge >= 0.3 is 0 Å². The van der Waals surface area contributed by atoms with Crippen LogP contribution in [0, 0.1) is 18.6 Å². The molecule has 5 heteroatoms. The molecule has 0 aliphatic carbocycles. The van der Waals surface area contributed by atoms with Gasteiger partial charge < -0.3 is 5.73 Å². The zero-order valence-corrected chi connectivity index (χ0v) is 12.5. The van der Waals surface area contributed by atoms with E-state index in [2.05, 4.69) is 0 Å². The highest BCUT2D eigenvalue weighted by molar-refractivity contribution is 6.35. The lowest BCUT2D eigenvalue weighted by molar-refractivity contribution is 0.574. The van der Waals surface area contributed by atoms with Gasteiger partial charge in [-0.3, -0.25) is 0 Å². The lowest BCUT2D eigenvalue weighted by atomic mass is 9.83. The van der Waals surface area contributed by atoms with E-state index in [0.29, 0.717) is 16.7 Å². The van der Waals surface area contributed by atoms with Crippen LogP contribution < -0.4 is 5.73 Å². The summed E-state index contributed by atoms with van der Waals surface area (Å²) in [5, 5.41) is 0.204. The number of halogens is 4. The highest BCUT2D eigenvalue weighted by Crippen LogP contribution is 2.36. The van der Waals surface area contributed by atoms with Gasteiger partial charge in [-0.25, -0.2) is 8.78 Å². The van der Waals surface area contributed by atoms with Crippen LogP contribution in [-0.4, -0.2) is 0 Å². The maximum absolute atomic E-state index is 13.7. The van der Waals surface area contributed by atoms with Crippen LogP contribution in [0.1, 0.15) is 23.6 Å². The quantitative estimate of drug-likeness (QED) is 0.791. The van der Waals surface area contributed by atoms with E-state index < -0.39 is 11.4 Å². The summed E-state index contributed by atoms with van der Waals surface area (Å²) in [5.41, 5.74) is 6.99. The predicted molar refractivity (Wildman–Crippen MR) is 78.2 cm³/mol. The van der Waals surface area contributed by atoms with E-state index in [9.17, 15) is 8.78 Å². The molecule has 0 saturated heterocycles. The van der Waals surface area contributed by atoms with Gasteiger partial charge in [0.15, 0.2) is 0 Å². The number of aryl methyl sites for hydroxylation is 1. The molecular formula is C15H13Cl2F2N. The van der Waals surface area contributed by atoms with Crippen LogP contribution in [0.5, 0.6) is 0 Å². The monoisotopic (exact) mass is 315 g/mol. The molecular weight excluding hydrogens is 303 g/mol. The largest absolute Gasteiger partial charge is 0.318 e. The van der Waals surface area contributed by atoms with E-state index in [4.69, 9.17) is 28.9 Å². The Morgan fingerprint density at radius 3 is 2.25 bits per heavy atom. The third kappa shape index (κ3) is 2.66. The minimum Gasteiger partial charge on any atom is -0.318 e. The van der Waals surface area contributed by atoms with Gasteiger partial charge in [-0.1, -0.05) is 29.3 Å². The zero-order valence-electron chi connectivity index (χ0n) is 11.0.